The van der Waals surface area contributed by atoms with Crippen LogP contribution in [-0.2, 0) is 6.54 Å². The van der Waals surface area contributed by atoms with Gasteiger partial charge in [-0.05, 0) is 17.7 Å². The lowest BCUT2D eigenvalue weighted by atomic mass is 10.2. The van der Waals surface area contributed by atoms with Crippen LogP contribution >= 0.6 is 0 Å². The molecule has 0 amide bonds. The van der Waals surface area contributed by atoms with Gasteiger partial charge in [-0.25, -0.2) is 0 Å². The van der Waals surface area contributed by atoms with Gasteiger partial charge in [0.15, 0.2) is 11.5 Å². The third-order valence-corrected chi connectivity index (χ3v) is 1.55. The van der Waals surface area contributed by atoms with E-state index in [1.54, 1.807) is 18.2 Å². The summed E-state index contributed by atoms with van der Waals surface area (Å²) in [6.45, 7) is -1.64. The van der Waals surface area contributed by atoms with E-state index in [1.807, 2.05) is 0 Å². The molecule has 1 heterocycles. The molecule has 58 valence electrons. The molecule has 0 bridgehead atoms. The second kappa shape index (κ2) is 2.43. The zero-order chi connectivity index (χ0) is 9.47. The van der Waals surface area contributed by atoms with E-state index in [-0.39, 0.29) is 0 Å². The number of nitrogens with two attached hydrogens (primary N) is 1. The van der Waals surface area contributed by atoms with Crippen molar-refractivity contribution in [1.82, 2.24) is 0 Å². The molecule has 1 aromatic carbocycles. The number of benzene rings is 1. The molecule has 2 rings (SSSR count). The van der Waals surface area contributed by atoms with Crippen molar-refractivity contribution in [2.24, 2.45) is 5.73 Å². The Kier molecular flexibility index (Phi) is 1.02. The Labute approximate surface area is 67.5 Å². The summed E-state index contributed by atoms with van der Waals surface area (Å²) in [4.78, 5) is 0. The topological polar surface area (TPSA) is 44.5 Å². The van der Waals surface area contributed by atoms with Crippen LogP contribution < -0.4 is 15.2 Å². The summed E-state index contributed by atoms with van der Waals surface area (Å²) in [5.74, 6) is 0.829. The zero-order valence-electron chi connectivity index (χ0n) is 7.83. The molecule has 1 aromatic rings. The standard InChI is InChI=1S/C8H9NO2/c9-4-6-1-2-7-8(3-6)11-5-10-7/h1-3H,4-5,9H2/i5D2. The fraction of sp³-hybridized carbons (Fsp3) is 0.250. The molecular weight excluding hydrogens is 142 g/mol. The van der Waals surface area contributed by atoms with Crippen molar-refractivity contribution in [3.8, 4) is 11.5 Å². The van der Waals surface area contributed by atoms with Crippen LogP contribution in [0.2, 0.25) is 0 Å². The second-order valence-electron chi connectivity index (χ2n) is 2.27. The normalized spacial score (nSPS) is 20.8. The molecule has 0 aliphatic carbocycles. The second-order valence-corrected chi connectivity index (χ2v) is 2.27. The highest BCUT2D eigenvalue weighted by Crippen LogP contribution is 2.32. The zero-order valence-corrected chi connectivity index (χ0v) is 5.83. The first-order valence-corrected chi connectivity index (χ1v) is 3.32. The smallest absolute Gasteiger partial charge is 0.231 e. The first-order chi connectivity index (χ1) is 6.11. The molecule has 0 radical (unpaired) electrons. The molecule has 11 heavy (non-hydrogen) atoms. The van der Waals surface area contributed by atoms with Crippen molar-refractivity contribution >= 4 is 0 Å². The Hall–Kier alpha value is -1.22. The van der Waals surface area contributed by atoms with Gasteiger partial charge in [-0.2, -0.15) is 0 Å². The first-order valence-electron chi connectivity index (χ1n) is 4.32. The van der Waals surface area contributed by atoms with Crippen molar-refractivity contribution in [3.05, 3.63) is 23.8 Å². The van der Waals surface area contributed by atoms with E-state index in [0.717, 1.165) is 5.56 Å². The number of fused-ring (bicyclic) bond motifs is 1. The number of rotatable bonds is 1. The lowest BCUT2D eigenvalue weighted by Crippen LogP contribution is -1.95. The number of ether oxygens (including phenoxy) is 2. The third-order valence-electron chi connectivity index (χ3n) is 1.55. The molecular formula is C8H9NO2. The van der Waals surface area contributed by atoms with E-state index in [9.17, 15) is 0 Å². The van der Waals surface area contributed by atoms with Gasteiger partial charge in [0.2, 0.25) is 6.75 Å². The van der Waals surface area contributed by atoms with Gasteiger partial charge in [-0.15, -0.1) is 0 Å². The van der Waals surface area contributed by atoms with Crippen LogP contribution in [0.25, 0.3) is 0 Å². The van der Waals surface area contributed by atoms with E-state index in [1.165, 1.54) is 0 Å². The van der Waals surface area contributed by atoms with E-state index in [4.69, 9.17) is 17.9 Å². The fourth-order valence-electron chi connectivity index (χ4n) is 0.954. The minimum atomic E-state index is -2.05. The Balaban J connectivity index is 2.36. The van der Waals surface area contributed by atoms with E-state index >= 15 is 0 Å². The van der Waals surface area contributed by atoms with Gasteiger partial charge in [0.1, 0.15) is 2.74 Å². The predicted molar refractivity (Wildman–Crippen MR) is 40.5 cm³/mol. The highest BCUT2D eigenvalue weighted by atomic mass is 16.7. The summed E-state index contributed by atoms with van der Waals surface area (Å²) < 4.78 is 24.1. The van der Waals surface area contributed by atoms with Gasteiger partial charge in [-0.3, -0.25) is 0 Å². The van der Waals surface area contributed by atoms with Crippen LogP contribution in [0.1, 0.15) is 8.30 Å². The van der Waals surface area contributed by atoms with Crippen LogP contribution in [0.15, 0.2) is 18.2 Å². The van der Waals surface area contributed by atoms with Gasteiger partial charge in [0.05, 0.1) is 0 Å². The maximum Gasteiger partial charge on any atom is 0.231 e. The molecule has 3 nitrogen and oxygen atoms in total. The van der Waals surface area contributed by atoms with Gasteiger partial charge < -0.3 is 15.2 Å². The maximum atomic E-state index is 7.19. The summed E-state index contributed by atoms with van der Waals surface area (Å²) in [5.41, 5.74) is 6.31. The molecule has 0 unspecified atom stereocenters. The van der Waals surface area contributed by atoms with Crippen LogP contribution in [0.3, 0.4) is 0 Å². The number of hydrogen-bond acceptors (Lipinski definition) is 3. The Morgan fingerprint density at radius 2 is 2.27 bits per heavy atom. The molecule has 0 atom stereocenters. The quantitative estimate of drug-likeness (QED) is 0.651. The minimum Gasteiger partial charge on any atom is -0.454 e. The minimum absolute atomic E-state index is 0.402. The highest BCUT2D eigenvalue weighted by molar-refractivity contribution is 5.44. The molecule has 1 aliphatic heterocycles. The van der Waals surface area contributed by atoms with E-state index in [0.29, 0.717) is 18.0 Å². The lowest BCUT2D eigenvalue weighted by Gasteiger charge is -1.97. The van der Waals surface area contributed by atoms with Gasteiger partial charge >= 0.3 is 0 Å². The summed E-state index contributed by atoms with van der Waals surface area (Å²) >= 11 is 0. The van der Waals surface area contributed by atoms with Crippen LogP contribution in [-0.4, -0.2) is 6.75 Å². The lowest BCUT2D eigenvalue weighted by molar-refractivity contribution is 0.174. The molecule has 2 N–H and O–H groups in total. The molecule has 0 aromatic heterocycles. The Morgan fingerprint density at radius 3 is 3.09 bits per heavy atom. The summed E-state index contributed by atoms with van der Waals surface area (Å²) in [5, 5.41) is 0. The van der Waals surface area contributed by atoms with E-state index < -0.39 is 6.75 Å². The average molecular weight is 153 g/mol. The van der Waals surface area contributed by atoms with Crippen LogP contribution in [0.4, 0.5) is 0 Å². The van der Waals surface area contributed by atoms with Crippen LogP contribution in [0.5, 0.6) is 11.5 Å². The molecule has 3 heteroatoms. The van der Waals surface area contributed by atoms with Crippen molar-refractivity contribution in [2.45, 2.75) is 6.54 Å². The van der Waals surface area contributed by atoms with Crippen molar-refractivity contribution < 1.29 is 12.2 Å². The van der Waals surface area contributed by atoms with Gasteiger partial charge in [-0.1, -0.05) is 6.07 Å². The molecule has 1 aliphatic rings. The molecule has 0 fully saturated rings. The molecule has 0 spiro atoms. The SMILES string of the molecule is [2H]C1([2H])Oc2ccc(CN)cc2O1. The van der Waals surface area contributed by atoms with Gasteiger partial charge in [0, 0.05) is 6.54 Å². The maximum absolute atomic E-state index is 7.19. The van der Waals surface area contributed by atoms with Crippen molar-refractivity contribution in [1.29, 1.82) is 0 Å². The Bertz CT molecular complexity index is 341. The first kappa shape index (κ1) is 4.62. The van der Waals surface area contributed by atoms with Gasteiger partial charge in [0.25, 0.3) is 0 Å². The summed E-state index contributed by atoms with van der Waals surface area (Å²) in [6, 6.07) is 5.12. The van der Waals surface area contributed by atoms with E-state index in [2.05, 4.69) is 0 Å². The summed E-state index contributed by atoms with van der Waals surface area (Å²) in [7, 11) is 0. The van der Waals surface area contributed by atoms with Crippen molar-refractivity contribution in [2.75, 3.05) is 6.75 Å². The summed E-state index contributed by atoms with van der Waals surface area (Å²) in [6.07, 6.45) is 0. The molecule has 0 saturated carbocycles. The highest BCUT2D eigenvalue weighted by Gasteiger charge is 2.11. The fourth-order valence-corrected chi connectivity index (χ4v) is 0.954. The third kappa shape index (κ3) is 1.03. The predicted octanol–water partition coefficient (Wildman–Crippen LogP) is 0.874. The Morgan fingerprint density at radius 1 is 1.45 bits per heavy atom. The largest absolute Gasteiger partial charge is 0.454 e. The number of hydrogen-bond donors (Lipinski definition) is 1. The molecule has 0 saturated heterocycles. The average Bonchev–Trinajstić information content (AvgIpc) is 2.36. The van der Waals surface area contributed by atoms with Crippen LogP contribution in [0, 0.1) is 0 Å². The van der Waals surface area contributed by atoms with Crippen molar-refractivity contribution in [3.63, 3.8) is 0 Å². The monoisotopic (exact) mass is 153 g/mol.